The molecule has 0 saturated heterocycles. The summed E-state index contributed by atoms with van der Waals surface area (Å²) in [5.74, 6) is 0.310. The SMILES string of the molecule is Cn1cc(O)c2ccncc21. The summed E-state index contributed by atoms with van der Waals surface area (Å²) in [6, 6.07) is 1.80. The maximum Gasteiger partial charge on any atom is 0.141 e. The summed E-state index contributed by atoms with van der Waals surface area (Å²) in [6.45, 7) is 0. The van der Waals surface area contributed by atoms with Crippen LogP contribution in [0.25, 0.3) is 10.9 Å². The average Bonchev–Trinajstić information content (AvgIpc) is 2.30. The predicted octanol–water partition coefficient (Wildman–Crippen LogP) is 1.28. The largest absolute Gasteiger partial charge is 0.506 e. The van der Waals surface area contributed by atoms with Crippen LogP contribution in [0, 0.1) is 0 Å². The maximum absolute atomic E-state index is 9.34. The Balaban J connectivity index is 2.95. The third kappa shape index (κ3) is 0.774. The van der Waals surface area contributed by atoms with E-state index in [1.807, 2.05) is 11.6 Å². The van der Waals surface area contributed by atoms with Crippen LogP contribution in [0.15, 0.2) is 24.7 Å². The van der Waals surface area contributed by atoms with Gasteiger partial charge in [-0.15, -0.1) is 0 Å². The van der Waals surface area contributed by atoms with Crippen molar-refractivity contribution in [1.29, 1.82) is 0 Å². The summed E-state index contributed by atoms with van der Waals surface area (Å²) in [5, 5.41) is 10.2. The third-order valence-corrected chi connectivity index (χ3v) is 1.77. The van der Waals surface area contributed by atoms with Gasteiger partial charge in [0.2, 0.25) is 0 Å². The van der Waals surface area contributed by atoms with Crippen LogP contribution < -0.4 is 0 Å². The standard InChI is InChI=1S/C8H8N2O/c1-10-5-8(11)6-2-3-9-4-7(6)10/h2-5,11H,1H3. The van der Waals surface area contributed by atoms with Gasteiger partial charge in [-0.2, -0.15) is 0 Å². The number of aromatic nitrogens is 2. The zero-order valence-electron chi connectivity index (χ0n) is 6.15. The second-order valence-electron chi connectivity index (χ2n) is 2.52. The van der Waals surface area contributed by atoms with Gasteiger partial charge < -0.3 is 9.67 Å². The lowest BCUT2D eigenvalue weighted by Gasteiger charge is -1.91. The summed E-state index contributed by atoms with van der Waals surface area (Å²) < 4.78 is 1.84. The van der Waals surface area contributed by atoms with Gasteiger partial charge in [0.1, 0.15) is 5.75 Å². The van der Waals surface area contributed by atoms with Crippen LogP contribution in [0.5, 0.6) is 5.75 Å². The van der Waals surface area contributed by atoms with Crippen LogP contribution in [0.2, 0.25) is 0 Å². The van der Waals surface area contributed by atoms with Crippen LogP contribution in [-0.4, -0.2) is 14.7 Å². The fraction of sp³-hybridized carbons (Fsp3) is 0.125. The average molecular weight is 148 g/mol. The quantitative estimate of drug-likeness (QED) is 0.611. The minimum atomic E-state index is 0.310. The van der Waals surface area contributed by atoms with E-state index in [-0.39, 0.29) is 0 Å². The van der Waals surface area contributed by atoms with Gasteiger partial charge in [0.15, 0.2) is 0 Å². The van der Waals surface area contributed by atoms with Crippen LogP contribution >= 0.6 is 0 Å². The molecule has 3 heteroatoms. The van der Waals surface area contributed by atoms with E-state index < -0.39 is 0 Å². The van der Waals surface area contributed by atoms with Crippen LogP contribution in [0.3, 0.4) is 0 Å². The van der Waals surface area contributed by atoms with Crippen LogP contribution in [0.1, 0.15) is 0 Å². The minimum absolute atomic E-state index is 0.310. The molecule has 0 aromatic carbocycles. The summed E-state index contributed by atoms with van der Waals surface area (Å²) in [5.41, 5.74) is 0.949. The molecule has 0 bridgehead atoms. The van der Waals surface area contributed by atoms with E-state index in [0.29, 0.717) is 5.75 Å². The number of aryl methyl sites for hydroxylation is 1. The second-order valence-corrected chi connectivity index (χ2v) is 2.52. The molecule has 2 heterocycles. The van der Waals surface area contributed by atoms with E-state index in [0.717, 1.165) is 10.9 Å². The van der Waals surface area contributed by atoms with Gasteiger partial charge in [-0.05, 0) is 6.07 Å². The van der Waals surface area contributed by atoms with Gasteiger partial charge in [0.05, 0.1) is 11.7 Å². The first-order valence-corrected chi connectivity index (χ1v) is 3.37. The molecule has 0 aliphatic rings. The molecule has 1 N–H and O–H groups in total. The number of pyridine rings is 1. The lowest BCUT2D eigenvalue weighted by molar-refractivity contribution is 0.479. The van der Waals surface area contributed by atoms with Gasteiger partial charge in [-0.25, -0.2) is 0 Å². The topological polar surface area (TPSA) is 38.0 Å². The molecular formula is C8H8N2O. The zero-order chi connectivity index (χ0) is 7.84. The zero-order valence-corrected chi connectivity index (χ0v) is 6.15. The van der Waals surface area contributed by atoms with E-state index in [4.69, 9.17) is 0 Å². The fourth-order valence-electron chi connectivity index (χ4n) is 1.21. The van der Waals surface area contributed by atoms with Crippen molar-refractivity contribution >= 4 is 10.9 Å². The smallest absolute Gasteiger partial charge is 0.141 e. The number of hydrogen-bond acceptors (Lipinski definition) is 2. The molecular weight excluding hydrogens is 140 g/mol. The van der Waals surface area contributed by atoms with E-state index in [1.165, 1.54) is 0 Å². The lowest BCUT2D eigenvalue weighted by Crippen LogP contribution is -1.83. The van der Waals surface area contributed by atoms with Crippen LogP contribution in [-0.2, 0) is 7.05 Å². The van der Waals surface area contributed by atoms with Crippen molar-refractivity contribution in [1.82, 2.24) is 9.55 Å². The second kappa shape index (κ2) is 1.99. The molecule has 2 aromatic rings. The first kappa shape index (κ1) is 6.22. The molecule has 0 spiro atoms. The van der Waals surface area contributed by atoms with Crippen molar-refractivity contribution < 1.29 is 5.11 Å². The lowest BCUT2D eigenvalue weighted by atomic mass is 10.3. The van der Waals surface area contributed by atoms with Gasteiger partial charge >= 0.3 is 0 Å². The Hall–Kier alpha value is -1.51. The molecule has 3 nitrogen and oxygen atoms in total. The minimum Gasteiger partial charge on any atom is -0.506 e. The van der Waals surface area contributed by atoms with Gasteiger partial charge in [-0.1, -0.05) is 0 Å². The van der Waals surface area contributed by atoms with Crippen molar-refractivity contribution in [3.63, 3.8) is 0 Å². The first-order chi connectivity index (χ1) is 5.29. The van der Waals surface area contributed by atoms with E-state index in [1.54, 1.807) is 24.7 Å². The molecule has 2 aromatic heterocycles. The molecule has 0 unspecified atom stereocenters. The summed E-state index contributed by atoms with van der Waals surface area (Å²) >= 11 is 0. The first-order valence-electron chi connectivity index (χ1n) is 3.37. The highest BCUT2D eigenvalue weighted by Gasteiger charge is 2.02. The summed E-state index contributed by atoms with van der Waals surface area (Å²) in [6.07, 6.45) is 5.07. The highest BCUT2D eigenvalue weighted by Crippen LogP contribution is 2.24. The highest BCUT2D eigenvalue weighted by molar-refractivity contribution is 5.85. The molecule has 0 aliphatic carbocycles. The number of hydrogen-bond donors (Lipinski definition) is 1. The molecule has 0 radical (unpaired) electrons. The summed E-state index contributed by atoms with van der Waals surface area (Å²) in [7, 11) is 1.88. The Bertz CT molecular complexity index is 356. The van der Waals surface area contributed by atoms with Gasteiger partial charge in [0, 0.05) is 24.8 Å². The molecule has 0 amide bonds. The third-order valence-electron chi connectivity index (χ3n) is 1.77. The predicted molar refractivity (Wildman–Crippen MR) is 42.4 cm³/mol. The van der Waals surface area contributed by atoms with Crippen molar-refractivity contribution in [2.75, 3.05) is 0 Å². The molecule has 56 valence electrons. The molecule has 2 rings (SSSR count). The normalized spacial score (nSPS) is 10.6. The van der Waals surface area contributed by atoms with Crippen LogP contribution in [0.4, 0.5) is 0 Å². The van der Waals surface area contributed by atoms with Crippen molar-refractivity contribution in [2.45, 2.75) is 0 Å². The Morgan fingerprint density at radius 2 is 2.36 bits per heavy atom. The Labute approximate surface area is 63.9 Å². The number of aromatic hydroxyl groups is 1. The molecule has 0 fully saturated rings. The number of rotatable bonds is 0. The van der Waals surface area contributed by atoms with Gasteiger partial charge in [0.25, 0.3) is 0 Å². The van der Waals surface area contributed by atoms with Crippen molar-refractivity contribution in [3.8, 4) is 5.75 Å². The van der Waals surface area contributed by atoms with E-state index in [9.17, 15) is 5.11 Å². The van der Waals surface area contributed by atoms with E-state index >= 15 is 0 Å². The molecule has 0 atom stereocenters. The number of nitrogens with zero attached hydrogens (tertiary/aromatic N) is 2. The highest BCUT2D eigenvalue weighted by atomic mass is 16.3. The van der Waals surface area contributed by atoms with Gasteiger partial charge in [-0.3, -0.25) is 4.98 Å². The maximum atomic E-state index is 9.34. The van der Waals surface area contributed by atoms with Crippen molar-refractivity contribution in [2.24, 2.45) is 7.05 Å². The summed E-state index contributed by atoms with van der Waals surface area (Å²) in [4.78, 5) is 3.96. The Morgan fingerprint density at radius 3 is 3.09 bits per heavy atom. The monoisotopic (exact) mass is 148 g/mol. The fourth-order valence-corrected chi connectivity index (χ4v) is 1.21. The van der Waals surface area contributed by atoms with E-state index in [2.05, 4.69) is 4.98 Å². The van der Waals surface area contributed by atoms with Crippen molar-refractivity contribution in [3.05, 3.63) is 24.7 Å². The number of fused-ring (bicyclic) bond motifs is 1. The molecule has 11 heavy (non-hydrogen) atoms. The Kier molecular flexibility index (Phi) is 1.12. The molecule has 0 aliphatic heterocycles. The molecule has 0 saturated carbocycles. The Morgan fingerprint density at radius 1 is 1.55 bits per heavy atom.